The predicted octanol–water partition coefficient (Wildman–Crippen LogP) is 3.28. The van der Waals surface area contributed by atoms with Crippen molar-refractivity contribution in [3.63, 3.8) is 0 Å². The molecule has 0 aliphatic heterocycles. The quantitative estimate of drug-likeness (QED) is 0.668. The highest BCUT2D eigenvalue weighted by atomic mass is 19.4. The van der Waals surface area contributed by atoms with Crippen LogP contribution in [-0.2, 0) is 6.18 Å². The molecule has 0 aliphatic carbocycles. The van der Waals surface area contributed by atoms with Gasteiger partial charge in [0.25, 0.3) is 6.43 Å². The van der Waals surface area contributed by atoms with Crippen molar-refractivity contribution in [1.82, 2.24) is 4.98 Å². The minimum absolute atomic E-state index is 0.289. The maximum Gasteiger partial charge on any atom is 0.418 e. The van der Waals surface area contributed by atoms with E-state index in [9.17, 15) is 22.0 Å². The minimum atomic E-state index is -4.73. The summed E-state index contributed by atoms with van der Waals surface area (Å²) < 4.78 is 60.6. The summed E-state index contributed by atoms with van der Waals surface area (Å²) in [6.45, 7) is 1.11. The highest BCUT2D eigenvalue weighted by Crippen LogP contribution is 2.38. The Morgan fingerprint density at radius 1 is 1.31 bits per heavy atom. The van der Waals surface area contributed by atoms with E-state index in [4.69, 9.17) is 0 Å². The molecule has 0 amide bonds. The number of aromatic amines is 1. The molecular weight excluding hydrogens is 193 g/mol. The molecule has 6 heteroatoms. The van der Waals surface area contributed by atoms with Crippen LogP contribution >= 0.6 is 0 Å². The summed E-state index contributed by atoms with van der Waals surface area (Å²) in [5.74, 6) is 0. The first-order valence-corrected chi connectivity index (χ1v) is 3.37. The normalized spacial score (nSPS) is 12.5. The largest absolute Gasteiger partial charge is 0.418 e. The van der Waals surface area contributed by atoms with Gasteiger partial charge < -0.3 is 4.98 Å². The topological polar surface area (TPSA) is 15.8 Å². The van der Waals surface area contributed by atoms with Gasteiger partial charge in [0.15, 0.2) is 0 Å². The first-order chi connectivity index (χ1) is 5.84. The summed E-state index contributed by atoms with van der Waals surface area (Å²) in [6, 6.07) is 0. The summed E-state index contributed by atoms with van der Waals surface area (Å²) in [5.41, 5.74) is -2.55. The van der Waals surface area contributed by atoms with Crippen LogP contribution in [-0.4, -0.2) is 4.98 Å². The van der Waals surface area contributed by atoms with Gasteiger partial charge in [-0.05, 0) is 6.92 Å². The van der Waals surface area contributed by atoms with Crippen LogP contribution in [0.2, 0.25) is 0 Å². The zero-order chi connectivity index (χ0) is 10.2. The van der Waals surface area contributed by atoms with Crippen molar-refractivity contribution >= 4 is 0 Å². The third-order valence-corrected chi connectivity index (χ3v) is 1.63. The third-order valence-electron chi connectivity index (χ3n) is 1.63. The molecule has 0 atom stereocenters. The molecule has 1 aromatic heterocycles. The Kier molecular flexibility index (Phi) is 2.32. The maximum atomic E-state index is 12.1. The van der Waals surface area contributed by atoms with Crippen molar-refractivity contribution in [3.05, 3.63) is 23.0 Å². The van der Waals surface area contributed by atoms with E-state index in [1.54, 1.807) is 0 Å². The van der Waals surface area contributed by atoms with Crippen LogP contribution in [0.15, 0.2) is 6.20 Å². The summed E-state index contributed by atoms with van der Waals surface area (Å²) in [6.07, 6.45) is -7.15. The van der Waals surface area contributed by atoms with E-state index >= 15 is 0 Å². The van der Waals surface area contributed by atoms with Crippen molar-refractivity contribution in [3.8, 4) is 0 Å². The number of halogens is 5. The fraction of sp³-hybridized carbons (Fsp3) is 0.429. The molecule has 0 radical (unpaired) electrons. The van der Waals surface area contributed by atoms with Gasteiger partial charge >= 0.3 is 6.18 Å². The van der Waals surface area contributed by atoms with E-state index in [-0.39, 0.29) is 5.69 Å². The van der Waals surface area contributed by atoms with Crippen molar-refractivity contribution < 1.29 is 22.0 Å². The molecule has 13 heavy (non-hydrogen) atoms. The molecule has 0 saturated carbocycles. The molecule has 1 rings (SSSR count). The molecule has 0 spiro atoms. The zero-order valence-electron chi connectivity index (χ0n) is 6.54. The molecule has 0 bridgehead atoms. The van der Waals surface area contributed by atoms with Gasteiger partial charge in [0.05, 0.1) is 5.56 Å². The van der Waals surface area contributed by atoms with Crippen LogP contribution < -0.4 is 0 Å². The smallest absolute Gasteiger partial charge is 0.364 e. The number of aromatic nitrogens is 1. The van der Waals surface area contributed by atoms with E-state index < -0.39 is 23.7 Å². The standard InChI is InChI=1S/C7H6F5N/c1-3-5(7(10,11)12)4(2-13-3)6(8)9/h2,6,13H,1H3. The third kappa shape index (κ3) is 1.81. The lowest BCUT2D eigenvalue weighted by atomic mass is 10.1. The van der Waals surface area contributed by atoms with Gasteiger partial charge in [0, 0.05) is 17.5 Å². The van der Waals surface area contributed by atoms with Gasteiger partial charge in [-0.15, -0.1) is 0 Å². The molecular formula is C7H6F5N. The molecule has 0 fully saturated rings. The summed E-state index contributed by atoms with van der Waals surface area (Å²) in [4.78, 5) is 2.13. The number of alkyl halides is 5. The zero-order valence-corrected chi connectivity index (χ0v) is 6.54. The molecule has 74 valence electrons. The Bertz CT molecular complexity index is 298. The molecule has 1 aromatic rings. The molecule has 1 heterocycles. The van der Waals surface area contributed by atoms with Crippen LogP contribution in [0.3, 0.4) is 0 Å². The lowest BCUT2D eigenvalue weighted by molar-refractivity contribution is -0.139. The van der Waals surface area contributed by atoms with Crippen LogP contribution in [0.4, 0.5) is 22.0 Å². The van der Waals surface area contributed by atoms with E-state index in [0.717, 1.165) is 6.92 Å². The highest BCUT2D eigenvalue weighted by molar-refractivity contribution is 5.33. The number of rotatable bonds is 1. The molecule has 0 aromatic carbocycles. The second-order valence-corrected chi connectivity index (χ2v) is 2.54. The monoisotopic (exact) mass is 199 g/mol. The fourth-order valence-corrected chi connectivity index (χ4v) is 1.10. The SMILES string of the molecule is Cc1[nH]cc(C(F)F)c1C(F)(F)F. The Morgan fingerprint density at radius 3 is 2.15 bits per heavy atom. The van der Waals surface area contributed by atoms with Gasteiger partial charge in [0.2, 0.25) is 0 Å². The Hall–Kier alpha value is -1.07. The number of H-pyrrole nitrogens is 1. The van der Waals surface area contributed by atoms with Crippen molar-refractivity contribution in [1.29, 1.82) is 0 Å². The van der Waals surface area contributed by atoms with Gasteiger partial charge in [-0.3, -0.25) is 0 Å². The number of hydrogen-bond donors (Lipinski definition) is 1. The molecule has 1 nitrogen and oxygen atoms in total. The summed E-state index contributed by atoms with van der Waals surface area (Å²) in [7, 11) is 0. The second kappa shape index (κ2) is 3.01. The Labute approximate surface area is 70.6 Å². The average molecular weight is 199 g/mol. The van der Waals surface area contributed by atoms with E-state index in [1.165, 1.54) is 0 Å². The van der Waals surface area contributed by atoms with E-state index in [0.29, 0.717) is 6.20 Å². The van der Waals surface area contributed by atoms with Crippen molar-refractivity contribution in [2.75, 3.05) is 0 Å². The average Bonchev–Trinajstić information content (AvgIpc) is 2.28. The lowest BCUT2D eigenvalue weighted by Gasteiger charge is -2.08. The molecule has 0 saturated heterocycles. The Balaban J connectivity index is 3.25. The molecule has 0 unspecified atom stereocenters. The first-order valence-electron chi connectivity index (χ1n) is 3.37. The number of aryl methyl sites for hydroxylation is 1. The minimum Gasteiger partial charge on any atom is -0.364 e. The van der Waals surface area contributed by atoms with E-state index in [2.05, 4.69) is 4.98 Å². The fourth-order valence-electron chi connectivity index (χ4n) is 1.10. The van der Waals surface area contributed by atoms with E-state index in [1.807, 2.05) is 0 Å². The molecule has 1 N–H and O–H groups in total. The predicted molar refractivity (Wildman–Crippen MR) is 35.5 cm³/mol. The van der Waals surface area contributed by atoms with Crippen molar-refractivity contribution in [2.45, 2.75) is 19.5 Å². The number of hydrogen-bond acceptors (Lipinski definition) is 0. The summed E-state index contributed by atoms with van der Waals surface area (Å²) >= 11 is 0. The maximum absolute atomic E-state index is 12.1. The van der Waals surface area contributed by atoms with Crippen LogP contribution in [0.25, 0.3) is 0 Å². The van der Waals surface area contributed by atoms with Crippen molar-refractivity contribution in [2.24, 2.45) is 0 Å². The van der Waals surface area contributed by atoms with Gasteiger partial charge in [-0.1, -0.05) is 0 Å². The first kappa shape index (κ1) is 10.0. The van der Waals surface area contributed by atoms with Gasteiger partial charge in [-0.25, -0.2) is 8.78 Å². The van der Waals surface area contributed by atoms with Gasteiger partial charge in [-0.2, -0.15) is 13.2 Å². The van der Waals surface area contributed by atoms with Crippen LogP contribution in [0.1, 0.15) is 23.2 Å². The lowest BCUT2D eigenvalue weighted by Crippen LogP contribution is -2.08. The molecule has 0 aliphatic rings. The van der Waals surface area contributed by atoms with Crippen LogP contribution in [0.5, 0.6) is 0 Å². The van der Waals surface area contributed by atoms with Crippen LogP contribution in [0, 0.1) is 6.92 Å². The second-order valence-electron chi connectivity index (χ2n) is 2.54. The number of nitrogens with one attached hydrogen (secondary N) is 1. The Morgan fingerprint density at radius 2 is 1.85 bits per heavy atom. The highest BCUT2D eigenvalue weighted by Gasteiger charge is 2.38. The van der Waals surface area contributed by atoms with Gasteiger partial charge in [0.1, 0.15) is 0 Å². The summed E-state index contributed by atoms with van der Waals surface area (Å²) in [5, 5.41) is 0.